The molecule has 0 aliphatic rings. The molecule has 0 fully saturated rings. The molecule has 2 heterocycles. The van der Waals surface area contributed by atoms with Crippen molar-refractivity contribution < 1.29 is 4.39 Å². The summed E-state index contributed by atoms with van der Waals surface area (Å²) in [6.45, 7) is 10.0. The number of aryl methyl sites for hydroxylation is 2. The molecule has 1 aromatic carbocycles. The van der Waals surface area contributed by atoms with E-state index in [2.05, 4.69) is 35.6 Å². The average Bonchev–Trinajstić information content (AvgIpc) is 3.16. The van der Waals surface area contributed by atoms with E-state index < -0.39 is 0 Å². The number of benzene rings is 1. The highest BCUT2D eigenvalue weighted by atomic mass is 19.1. The molecule has 0 aliphatic heterocycles. The topological polar surface area (TPSA) is 47.7 Å². The fraction of sp³-hybridized carbons (Fsp3) is 0.400. The second-order valence-electron chi connectivity index (χ2n) is 6.68. The number of aromatic nitrogens is 4. The SMILES string of the molecule is CCCn1cc(CNC(C)c2cnn(-c3cccc(F)c3)c2C)c(C)n1. The van der Waals surface area contributed by atoms with Gasteiger partial charge in [0, 0.05) is 42.1 Å². The molecule has 1 N–H and O–H groups in total. The van der Waals surface area contributed by atoms with Gasteiger partial charge >= 0.3 is 0 Å². The van der Waals surface area contributed by atoms with Crippen molar-refractivity contribution in [1.82, 2.24) is 24.9 Å². The third-order valence-electron chi connectivity index (χ3n) is 4.67. The van der Waals surface area contributed by atoms with Gasteiger partial charge in [-0.05, 0) is 45.4 Å². The molecule has 1 atom stereocenters. The van der Waals surface area contributed by atoms with Crippen LogP contribution in [0.25, 0.3) is 5.69 Å². The van der Waals surface area contributed by atoms with Crippen molar-refractivity contribution in [3.63, 3.8) is 0 Å². The first-order valence-electron chi connectivity index (χ1n) is 9.06. The first-order chi connectivity index (χ1) is 12.5. The summed E-state index contributed by atoms with van der Waals surface area (Å²) < 4.78 is 17.3. The van der Waals surface area contributed by atoms with Crippen LogP contribution < -0.4 is 5.32 Å². The van der Waals surface area contributed by atoms with Crippen molar-refractivity contribution >= 4 is 0 Å². The minimum Gasteiger partial charge on any atom is -0.306 e. The number of hydrogen-bond donors (Lipinski definition) is 1. The molecule has 26 heavy (non-hydrogen) atoms. The summed E-state index contributed by atoms with van der Waals surface area (Å²) in [6, 6.07) is 6.62. The van der Waals surface area contributed by atoms with Crippen molar-refractivity contribution in [2.75, 3.05) is 0 Å². The van der Waals surface area contributed by atoms with Crippen LogP contribution in [0.3, 0.4) is 0 Å². The Morgan fingerprint density at radius 3 is 2.81 bits per heavy atom. The Kier molecular flexibility index (Phi) is 5.52. The number of nitrogens with zero attached hydrogens (tertiary/aromatic N) is 4. The van der Waals surface area contributed by atoms with Gasteiger partial charge in [-0.2, -0.15) is 10.2 Å². The molecule has 0 radical (unpaired) electrons. The van der Waals surface area contributed by atoms with Crippen LogP contribution in [0.1, 0.15) is 48.8 Å². The Morgan fingerprint density at radius 1 is 1.27 bits per heavy atom. The molecule has 3 aromatic rings. The highest BCUT2D eigenvalue weighted by molar-refractivity contribution is 5.36. The Morgan fingerprint density at radius 2 is 2.08 bits per heavy atom. The maximum Gasteiger partial charge on any atom is 0.125 e. The van der Waals surface area contributed by atoms with Gasteiger partial charge in [-0.3, -0.25) is 4.68 Å². The lowest BCUT2D eigenvalue weighted by Gasteiger charge is -2.14. The summed E-state index contributed by atoms with van der Waals surface area (Å²) in [7, 11) is 0. The van der Waals surface area contributed by atoms with Gasteiger partial charge in [-0.25, -0.2) is 9.07 Å². The Bertz CT molecular complexity index is 880. The number of rotatable bonds is 7. The van der Waals surface area contributed by atoms with Crippen molar-refractivity contribution in [2.45, 2.75) is 53.2 Å². The van der Waals surface area contributed by atoms with Gasteiger partial charge in [0.05, 0.1) is 17.6 Å². The molecule has 5 nitrogen and oxygen atoms in total. The molecule has 2 aromatic heterocycles. The van der Waals surface area contributed by atoms with Gasteiger partial charge in [-0.15, -0.1) is 0 Å². The Labute approximate surface area is 153 Å². The first-order valence-corrected chi connectivity index (χ1v) is 9.06. The van der Waals surface area contributed by atoms with Crippen molar-refractivity contribution in [2.24, 2.45) is 0 Å². The van der Waals surface area contributed by atoms with E-state index in [0.29, 0.717) is 0 Å². The molecule has 138 valence electrons. The van der Waals surface area contributed by atoms with Gasteiger partial charge in [0.2, 0.25) is 0 Å². The van der Waals surface area contributed by atoms with E-state index in [1.165, 1.54) is 17.7 Å². The van der Waals surface area contributed by atoms with Crippen LogP contribution in [0.5, 0.6) is 0 Å². The average molecular weight is 355 g/mol. The third kappa shape index (κ3) is 3.85. The second kappa shape index (κ2) is 7.83. The fourth-order valence-corrected chi connectivity index (χ4v) is 3.16. The van der Waals surface area contributed by atoms with Crippen LogP contribution in [0.2, 0.25) is 0 Å². The number of nitrogens with one attached hydrogen (secondary N) is 1. The molecular formula is C20H26FN5. The number of hydrogen-bond acceptors (Lipinski definition) is 3. The largest absolute Gasteiger partial charge is 0.306 e. The predicted octanol–water partition coefficient (Wildman–Crippen LogP) is 4.09. The van der Waals surface area contributed by atoms with E-state index >= 15 is 0 Å². The minimum atomic E-state index is -0.260. The molecule has 6 heteroatoms. The van der Waals surface area contributed by atoms with Gasteiger partial charge in [-0.1, -0.05) is 13.0 Å². The Balaban J connectivity index is 1.72. The van der Waals surface area contributed by atoms with E-state index in [9.17, 15) is 4.39 Å². The van der Waals surface area contributed by atoms with E-state index in [0.717, 1.165) is 42.1 Å². The third-order valence-corrected chi connectivity index (χ3v) is 4.67. The van der Waals surface area contributed by atoms with E-state index in [-0.39, 0.29) is 11.9 Å². The molecule has 0 aliphatic carbocycles. The lowest BCUT2D eigenvalue weighted by molar-refractivity contribution is 0.568. The molecule has 0 amide bonds. The molecular weight excluding hydrogens is 329 g/mol. The van der Waals surface area contributed by atoms with Crippen molar-refractivity contribution in [1.29, 1.82) is 0 Å². The summed E-state index contributed by atoms with van der Waals surface area (Å²) in [4.78, 5) is 0. The molecule has 0 bridgehead atoms. The van der Waals surface area contributed by atoms with Crippen LogP contribution in [0.4, 0.5) is 4.39 Å². The van der Waals surface area contributed by atoms with Gasteiger partial charge in [0.25, 0.3) is 0 Å². The van der Waals surface area contributed by atoms with Crippen LogP contribution in [0.15, 0.2) is 36.7 Å². The lowest BCUT2D eigenvalue weighted by Crippen LogP contribution is -2.19. The summed E-state index contributed by atoms with van der Waals surface area (Å²) >= 11 is 0. The maximum absolute atomic E-state index is 13.5. The molecule has 1 unspecified atom stereocenters. The smallest absolute Gasteiger partial charge is 0.125 e. The highest BCUT2D eigenvalue weighted by Gasteiger charge is 2.15. The summed E-state index contributed by atoms with van der Waals surface area (Å²) in [5.41, 5.74) is 5.12. The minimum absolute atomic E-state index is 0.131. The van der Waals surface area contributed by atoms with Gasteiger partial charge in [0.15, 0.2) is 0 Å². The van der Waals surface area contributed by atoms with Crippen LogP contribution >= 0.6 is 0 Å². The zero-order chi connectivity index (χ0) is 18.7. The summed E-state index contributed by atoms with van der Waals surface area (Å²) in [6.07, 6.45) is 5.04. The molecule has 0 saturated heterocycles. The zero-order valence-electron chi connectivity index (χ0n) is 15.8. The van der Waals surface area contributed by atoms with Gasteiger partial charge < -0.3 is 5.32 Å². The van der Waals surface area contributed by atoms with Gasteiger partial charge in [0.1, 0.15) is 5.82 Å². The Hall–Kier alpha value is -2.47. The predicted molar refractivity (Wildman–Crippen MR) is 101 cm³/mol. The molecule has 0 spiro atoms. The maximum atomic E-state index is 13.5. The molecule has 0 saturated carbocycles. The van der Waals surface area contributed by atoms with Crippen LogP contribution in [-0.2, 0) is 13.1 Å². The monoisotopic (exact) mass is 355 g/mol. The zero-order valence-corrected chi connectivity index (χ0v) is 15.8. The van der Waals surface area contributed by atoms with Crippen molar-refractivity contribution in [3.8, 4) is 5.69 Å². The van der Waals surface area contributed by atoms with E-state index in [1.807, 2.05) is 30.8 Å². The van der Waals surface area contributed by atoms with E-state index in [1.54, 1.807) is 10.7 Å². The normalized spacial score (nSPS) is 12.5. The fourth-order valence-electron chi connectivity index (χ4n) is 3.16. The lowest BCUT2D eigenvalue weighted by atomic mass is 10.1. The van der Waals surface area contributed by atoms with E-state index in [4.69, 9.17) is 0 Å². The second-order valence-corrected chi connectivity index (χ2v) is 6.68. The number of halogens is 1. The first kappa shape index (κ1) is 18.3. The summed E-state index contributed by atoms with van der Waals surface area (Å²) in [5.74, 6) is -0.260. The summed E-state index contributed by atoms with van der Waals surface area (Å²) in [5, 5.41) is 12.5. The quantitative estimate of drug-likeness (QED) is 0.694. The standard InChI is InChI=1S/C20H26FN5/c1-5-9-25-13-17(14(2)24-25)11-22-15(3)20-12-23-26(16(20)4)19-8-6-7-18(21)10-19/h6-8,10,12-13,15,22H,5,9,11H2,1-4H3. The molecule has 3 rings (SSSR count). The van der Waals surface area contributed by atoms with Crippen LogP contribution in [-0.4, -0.2) is 19.6 Å². The van der Waals surface area contributed by atoms with Crippen molar-refractivity contribution in [3.05, 3.63) is 65.0 Å². The van der Waals surface area contributed by atoms with Crippen LogP contribution in [0, 0.1) is 19.7 Å². The highest BCUT2D eigenvalue weighted by Crippen LogP contribution is 2.21.